The molecule has 1 aliphatic heterocycles. The molecule has 0 spiro atoms. The van der Waals surface area contributed by atoms with E-state index in [-0.39, 0.29) is 29.2 Å². The van der Waals surface area contributed by atoms with Crippen molar-refractivity contribution in [3.63, 3.8) is 0 Å². The number of thioether (sulfide) groups is 1. The topological polar surface area (TPSA) is 98.1 Å². The molecule has 140 valence electrons. The van der Waals surface area contributed by atoms with E-state index in [1.807, 2.05) is 30.7 Å². The maximum absolute atomic E-state index is 12.6. The summed E-state index contributed by atoms with van der Waals surface area (Å²) in [7, 11) is -1.17. The van der Waals surface area contributed by atoms with Crippen molar-refractivity contribution in [3.05, 3.63) is 24.5 Å². The van der Waals surface area contributed by atoms with Crippen molar-refractivity contribution in [2.45, 2.75) is 24.5 Å². The van der Waals surface area contributed by atoms with Crippen LogP contribution in [0.4, 0.5) is 0 Å². The fourth-order valence-electron chi connectivity index (χ4n) is 3.06. The maximum Gasteiger partial charge on any atom is 0.233 e. The minimum absolute atomic E-state index is 0.0619. The zero-order valence-corrected chi connectivity index (χ0v) is 16.3. The standard InChI is InChI=1S/C16H21N5O3S2/c1-3-21(13-6-8-26(23,24)11-13)14(22)10-25-16-19-18-15(20(16)2)12-5-4-7-17-9-12/h4-5,7,9,13H,3,6,8,10-11H2,1-2H3/t13-/m1/s1. The number of carbonyl (C=O) groups is 1. The number of hydrogen-bond donors (Lipinski definition) is 0. The summed E-state index contributed by atoms with van der Waals surface area (Å²) >= 11 is 1.30. The summed E-state index contributed by atoms with van der Waals surface area (Å²) in [4.78, 5) is 18.3. The van der Waals surface area contributed by atoms with Gasteiger partial charge in [-0.2, -0.15) is 0 Å². The lowest BCUT2D eigenvalue weighted by atomic mass is 10.2. The Morgan fingerprint density at radius 3 is 2.85 bits per heavy atom. The summed E-state index contributed by atoms with van der Waals surface area (Å²) in [5.74, 6) is 1.02. The molecule has 10 heteroatoms. The molecule has 1 atom stereocenters. The van der Waals surface area contributed by atoms with Gasteiger partial charge in [-0.25, -0.2) is 8.42 Å². The Morgan fingerprint density at radius 1 is 1.42 bits per heavy atom. The lowest BCUT2D eigenvalue weighted by Gasteiger charge is -2.26. The number of nitrogens with zero attached hydrogens (tertiary/aromatic N) is 5. The molecular formula is C16H21N5O3S2. The molecule has 0 radical (unpaired) electrons. The van der Waals surface area contributed by atoms with Crippen molar-refractivity contribution in [1.82, 2.24) is 24.6 Å². The van der Waals surface area contributed by atoms with Gasteiger partial charge in [0.1, 0.15) is 0 Å². The predicted octanol–water partition coefficient (Wildman–Crippen LogP) is 1.00. The van der Waals surface area contributed by atoms with Crippen LogP contribution in [-0.2, 0) is 21.7 Å². The summed E-state index contributed by atoms with van der Waals surface area (Å²) in [5.41, 5.74) is 0.854. The second-order valence-corrected chi connectivity index (χ2v) is 9.30. The van der Waals surface area contributed by atoms with E-state index in [0.29, 0.717) is 23.9 Å². The van der Waals surface area contributed by atoms with Gasteiger partial charge in [0.05, 0.1) is 17.3 Å². The van der Waals surface area contributed by atoms with Gasteiger partial charge < -0.3 is 9.47 Å². The highest BCUT2D eigenvalue weighted by Crippen LogP contribution is 2.23. The van der Waals surface area contributed by atoms with Gasteiger partial charge in [-0.3, -0.25) is 9.78 Å². The van der Waals surface area contributed by atoms with Gasteiger partial charge in [0.2, 0.25) is 5.91 Å². The molecular weight excluding hydrogens is 374 g/mol. The monoisotopic (exact) mass is 395 g/mol. The van der Waals surface area contributed by atoms with Crippen molar-refractivity contribution < 1.29 is 13.2 Å². The Bertz CT molecular complexity index is 883. The summed E-state index contributed by atoms with van der Waals surface area (Å²) < 4.78 is 25.2. The molecule has 1 amide bonds. The highest BCUT2D eigenvalue weighted by atomic mass is 32.2. The number of hydrogen-bond acceptors (Lipinski definition) is 7. The third kappa shape index (κ3) is 4.07. The van der Waals surface area contributed by atoms with E-state index >= 15 is 0 Å². The van der Waals surface area contributed by atoms with Crippen LogP contribution in [0.3, 0.4) is 0 Å². The van der Waals surface area contributed by atoms with Gasteiger partial charge in [0.15, 0.2) is 20.8 Å². The fraction of sp³-hybridized carbons (Fsp3) is 0.500. The van der Waals surface area contributed by atoms with E-state index in [9.17, 15) is 13.2 Å². The smallest absolute Gasteiger partial charge is 0.233 e. The fourth-order valence-corrected chi connectivity index (χ4v) is 5.58. The molecule has 0 aliphatic carbocycles. The lowest BCUT2D eigenvalue weighted by Crippen LogP contribution is -2.42. The van der Waals surface area contributed by atoms with Crippen molar-refractivity contribution in [2.24, 2.45) is 7.05 Å². The Morgan fingerprint density at radius 2 is 2.23 bits per heavy atom. The van der Waals surface area contributed by atoms with Crippen LogP contribution >= 0.6 is 11.8 Å². The SMILES string of the molecule is CCN(C(=O)CSc1nnc(-c2cccnc2)n1C)[C@@H]1CCS(=O)(=O)C1. The summed E-state index contributed by atoms with van der Waals surface area (Å²) in [6.45, 7) is 2.37. The average Bonchev–Trinajstić information content (AvgIpc) is 3.17. The minimum atomic E-state index is -3.02. The molecule has 2 aromatic rings. The number of amides is 1. The second-order valence-electron chi connectivity index (χ2n) is 6.13. The summed E-state index contributed by atoms with van der Waals surface area (Å²) in [5, 5.41) is 8.96. The molecule has 1 saturated heterocycles. The Kier molecular flexibility index (Phi) is 5.61. The lowest BCUT2D eigenvalue weighted by molar-refractivity contribution is -0.129. The second kappa shape index (κ2) is 7.75. The van der Waals surface area contributed by atoms with E-state index in [4.69, 9.17) is 0 Å². The molecule has 0 N–H and O–H groups in total. The van der Waals surface area contributed by atoms with E-state index in [2.05, 4.69) is 15.2 Å². The Hall–Kier alpha value is -1.94. The van der Waals surface area contributed by atoms with Crippen molar-refractivity contribution in [1.29, 1.82) is 0 Å². The first-order chi connectivity index (χ1) is 12.4. The molecule has 3 heterocycles. The van der Waals surface area contributed by atoms with Gasteiger partial charge in [-0.1, -0.05) is 11.8 Å². The van der Waals surface area contributed by atoms with Gasteiger partial charge in [0, 0.05) is 37.6 Å². The number of aromatic nitrogens is 4. The first-order valence-corrected chi connectivity index (χ1v) is 11.1. The van der Waals surface area contributed by atoms with Gasteiger partial charge in [-0.05, 0) is 25.5 Å². The number of pyridine rings is 1. The summed E-state index contributed by atoms with van der Waals surface area (Å²) in [6, 6.07) is 3.51. The Balaban J connectivity index is 1.65. The molecule has 1 fully saturated rings. The quantitative estimate of drug-likeness (QED) is 0.673. The molecule has 1 aliphatic rings. The van der Waals surface area contributed by atoms with Gasteiger partial charge in [-0.15, -0.1) is 10.2 Å². The first kappa shape index (κ1) is 18.8. The molecule has 8 nitrogen and oxygen atoms in total. The average molecular weight is 396 g/mol. The Labute approximate surface area is 156 Å². The van der Waals surface area contributed by atoms with Crippen LogP contribution in [0.1, 0.15) is 13.3 Å². The van der Waals surface area contributed by atoms with Crippen LogP contribution in [0, 0.1) is 0 Å². The van der Waals surface area contributed by atoms with Crippen LogP contribution in [0.25, 0.3) is 11.4 Å². The summed E-state index contributed by atoms with van der Waals surface area (Å²) in [6.07, 6.45) is 3.92. The van der Waals surface area contributed by atoms with Crippen molar-refractivity contribution >= 4 is 27.5 Å². The van der Waals surface area contributed by atoms with Crippen LogP contribution < -0.4 is 0 Å². The number of carbonyl (C=O) groups excluding carboxylic acids is 1. The highest BCUT2D eigenvalue weighted by Gasteiger charge is 2.33. The van der Waals surface area contributed by atoms with Crippen molar-refractivity contribution in [2.75, 3.05) is 23.8 Å². The molecule has 26 heavy (non-hydrogen) atoms. The molecule has 0 aromatic carbocycles. The maximum atomic E-state index is 12.6. The third-order valence-corrected chi connectivity index (χ3v) is 7.14. The van der Waals surface area contributed by atoms with Crippen molar-refractivity contribution in [3.8, 4) is 11.4 Å². The molecule has 0 saturated carbocycles. The number of rotatable bonds is 6. The molecule has 0 bridgehead atoms. The van der Waals surface area contributed by atoms with Gasteiger partial charge in [0.25, 0.3) is 0 Å². The van der Waals surface area contributed by atoms with Crippen LogP contribution in [0.5, 0.6) is 0 Å². The minimum Gasteiger partial charge on any atom is -0.338 e. The van der Waals surface area contributed by atoms with Crippen LogP contribution in [-0.4, -0.2) is 68.8 Å². The normalized spacial score (nSPS) is 18.8. The molecule has 2 aromatic heterocycles. The molecule has 3 rings (SSSR count). The highest BCUT2D eigenvalue weighted by molar-refractivity contribution is 7.99. The van der Waals surface area contributed by atoms with E-state index in [1.54, 1.807) is 17.3 Å². The first-order valence-electron chi connectivity index (χ1n) is 8.33. The van der Waals surface area contributed by atoms with Crippen LogP contribution in [0.15, 0.2) is 29.7 Å². The third-order valence-electron chi connectivity index (χ3n) is 4.39. The molecule has 0 unspecified atom stereocenters. The van der Waals surface area contributed by atoms with E-state index in [1.165, 1.54) is 11.8 Å². The largest absolute Gasteiger partial charge is 0.338 e. The zero-order valence-electron chi connectivity index (χ0n) is 14.7. The van der Waals surface area contributed by atoms with E-state index in [0.717, 1.165) is 5.56 Å². The van der Waals surface area contributed by atoms with Gasteiger partial charge >= 0.3 is 0 Å². The predicted molar refractivity (Wildman–Crippen MR) is 99.4 cm³/mol. The van der Waals surface area contributed by atoms with Crippen LogP contribution in [0.2, 0.25) is 0 Å². The zero-order chi connectivity index (χ0) is 18.7. The van der Waals surface area contributed by atoms with E-state index < -0.39 is 9.84 Å². The number of sulfone groups is 1.